The van der Waals surface area contributed by atoms with E-state index < -0.39 is 0 Å². The fourth-order valence-electron chi connectivity index (χ4n) is 3.01. The molecule has 2 N–H and O–H groups in total. The Morgan fingerprint density at radius 3 is 2.96 bits per heavy atom. The number of hydrogen-bond donors (Lipinski definition) is 2. The maximum Gasteiger partial charge on any atom is 0.229 e. The number of fused-ring (bicyclic) bond motifs is 3. The molecule has 0 bridgehead atoms. The third-order valence-corrected chi connectivity index (χ3v) is 4.13. The molecule has 0 radical (unpaired) electrons. The highest BCUT2D eigenvalue weighted by Crippen LogP contribution is 2.31. The van der Waals surface area contributed by atoms with E-state index in [2.05, 4.69) is 19.9 Å². The number of carbonyl (C=O) groups is 1. The minimum absolute atomic E-state index is 0.0735. The van der Waals surface area contributed by atoms with Crippen molar-refractivity contribution >= 4 is 28.2 Å². The highest BCUT2D eigenvalue weighted by atomic mass is 16.3. The maximum absolute atomic E-state index is 12.3. The predicted octanol–water partition coefficient (Wildman–Crippen LogP) is 3.13. The van der Waals surface area contributed by atoms with Crippen molar-refractivity contribution in [1.29, 1.82) is 0 Å². The molecule has 4 rings (SSSR count). The first kappa shape index (κ1) is 14.4. The monoisotopic (exact) mass is 320 g/mol. The Kier molecular flexibility index (Phi) is 3.49. The third kappa shape index (κ3) is 2.52. The van der Waals surface area contributed by atoms with Crippen LogP contribution in [0.15, 0.2) is 54.6 Å². The first-order valence-electron chi connectivity index (χ1n) is 7.79. The number of rotatable bonds is 3. The molecule has 0 aliphatic carbocycles. The van der Waals surface area contributed by atoms with Gasteiger partial charge < -0.3 is 15.0 Å². The largest absolute Gasteiger partial charge is 0.512 e. The van der Waals surface area contributed by atoms with Crippen LogP contribution in [0.25, 0.3) is 16.6 Å². The van der Waals surface area contributed by atoms with E-state index in [1.807, 2.05) is 24.3 Å². The maximum atomic E-state index is 12.3. The number of amides is 1. The molecule has 0 fully saturated rings. The van der Waals surface area contributed by atoms with Gasteiger partial charge in [0.1, 0.15) is 11.6 Å². The van der Waals surface area contributed by atoms with Gasteiger partial charge >= 0.3 is 0 Å². The molecule has 6 nitrogen and oxygen atoms in total. The molecule has 1 aliphatic heterocycles. The molecule has 0 unspecified atom stereocenters. The minimum atomic E-state index is -0.204. The van der Waals surface area contributed by atoms with Crippen molar-refractivity contribution in [2.45, 2.75) is 19.4 Å². The Labute approximate surface area is 138 Å². The number of aliphatic hydroxyl groups is 1. The second kappa shape index (κ2) is 5.81. The van der Waals surface area contributed by atoms with Crippen molar-refractivity contribution < 1.29 is 9.90 Å². The fourth-order valence-corrected chi connectivity index (χ4v) is 3.01. The molecule has 3 heterocycles. The number of imidazole rings is 1. The van der Waals surface area contributed by atoms with Gasteiger partial charge in [-0.1, -0.05) is 12.1 Å². The third-order valence-electron chi connectivity index (χ3n) is 4.13. The van der Waals surface area contributed by atoms with E-state index in [0.717, 1.165) is 11.0 Å². The Morgan fingerprint density at radius 2 is 2.12 bits per heavy atom. The number of aryl methyl sites for hydroxylation is 1. The number of hydrogen-bond acceptors (Lipinski definition) is 4. The van der Waals surface area contributed by atoms with Gasteiger partial charge in [-0.2, -0.15) is 0 Å². The van der Waals surface area contributed by atoms with E-state index in [9.17, 15) is 9.90 Å². The van der Waals surface area contributed by atoms with E-state index in [0.29, 0.717) is 30.1 Å². The number of carbonyl (C=O) groups excluding carboxylic acids is 1. The minimum Gasteiger partial charge on any atom is -0.512 e. The standard InChI is InChI=1S/C18H16N4O2/c23-16-7-9-22-15-6-2-1-5-14(15)21-18(22)13(16)10-17(24)20-12-4-3-8-19-11-12/h1-6,8,11,23H,7,9-10H2,(H,20,24). The van der Waals surface area contributed by atoms with E-state index in [4.69, 9.17) is 0 Å². The quantitative estimate of drug-likeness (QED) is 0.777. The highest BCUT2D eigenvalue weighted by molar-refractivity contribution is 5.98. The van der Waals surface area contributed by atoms with Crippen molar-refractivity contribution in [3.63, 3.8) is 0 Å². The van der Waals surface area contributed by atoms with Crippen LogP contribution in [0.5, 0.6) is 0 Å². The number of nitrogens with one attached hydrogen (secondary N) is 1. The summed E-state index contributed by atoms with van der Waals surface area (Å²) in [4.78, 5) is 20.9. The van der Waals surface area contributed by atoms with Crippen LogP contribution in [0, 0.1) is 0 Å². The first-order valence-corrected chi connectivity index (χ1v) is 7.79. The van der Waals surface area contributed by atoms with Gasteiger partial charge in [0.2, 0.25) is 5.91 Å². The lowest BCUT2D eigenvalue weighted by Gasteiger charge is -2.18. The molecular weight excluding hydrogens is 304 g/mol. The molecule has 3 aromatic rings. The zero-order chi connectivity index (χ0) is 16.5. The van der Waals surface area contributed by atoms with Crippen LogP contribution in [-0.2, 0) is 11.3 Å². The Hall–Kier alpha value is -3.15. The summed E-state index contributed by atoms with van der Waals surface area (Å²) >= 11 is 0. The Morgan fingerprint density at radius 1 is 1.25 bits per heavy atom. The number of anilines is 1. The fraction of sp³-hybridized carbons (Fsp3) is 0.167. The van der Waals surface area contributed by atoms with Gasteiger partial charge in [-0.3, -0.25) is 9.78 Å². The molecule has 0 saturated carbocycles. The molecule has 6 heteroatoms. The van der Waals surface area contributed by atoms with Gasteiger partial charge in [0.15, 0.2) is 0 Å². The van der Waals surface area contributed by atoms with Crippen LogP contribution in [-0.4, -0.2) is 25.5 Å². The summed E-state index contributed by atoms with van der Waals surface area (Å²) in [5, 5.41) is 13.1. The van der Waals surface area contributed by atoms with Gasteiger partial charge in [0, 0.05) is 24.7 Å². The summed E-state index contributed by atoms with van der Waals surface area (Å²) < 4.78 is 2.06. The zero-order valence-electron chi connectivity index (χ0n) is 12.9. The van der Waals surface area contributed by atoms with Crippen molar-refractivity contribution in [3.8, 4) is 0 Å². The summed E-state index contributed by atoms with van der Waals surface area (Å²) in [6.45, 7) is 0.662. The smallest absolute Gasteiger partial charge is 0.229 e. The summed E-state index contributed by atoms with van der Waals surface area (Å²) in [5.74, 6) is 0.700. The molecule has 120 valence electrons. The molecule has 1 aromatic carbocycles. The normalized spacial score (nSPS) is 13.8. The van der Waals surface area contributed by atoms with Gasteiger partial charge in [0.25, 0.3) is 0 Å². The van der Waals surface area contributed by atoms with E-state index >= 15 is 0 Å². The summed E-state index contributed by atoms with van der Waals surface area (Å²) in [7, 11) is 0. The molecule has 1 aliphatic rings. The van der Waals surface area contributed by atoms with E-state index in [1.165, 1.54) is 0 Å². The van der Waals surface area contributed by atoms with Crippen molar-refractivity contribution in [2.75, 3.05) is 5.32 Å². The lowest BCUT2D eigenvalue weighted by molar-refractivity contribution is -0.115. The molecule has 0 saturated heterocycles. The molecule has 24 heavy (non-hydrogen) atoms. The number of aromatic nitrogens is 3. The average Bonchev–Trinajstić information content (AvgIpc) is 2.97. The summed E-state index contributed by atoms with van der Waals surface area (Å²) in [6.07, 6.45) is 3.81. The van der Waals surface area contributed by atoms with Crippen molar-refractivity contribution in [3.05, 3.63) is 60.4 Å². The highest BCUT2D eigenvalue weighted by Gasteiger charge is 2.24. The van der Waals surface area contributed by atoms with E-state index in [1.54, 1.807) is 24.5 Å². The first-order chi connectivity index (χ1) is 11.7. The lowest BCUT2D eigenvalue weighted by atomic mass is 10.0. The number of allylic oxidation sites excluding steroid dienone is 1. The average molecular weight is 320 g/mol. The zero-order valence-corrected chi connectivity index (χ0v) is 12.9. The second-order valence-corrected chi connectivity index (χ2v) is 5.72. The number of nitrogens with zero attached hydrogens (tertiary/aromatic N) is 3. The molecular formula is C18H16N4O2. The SMILES string of the molecule is O=C(CC1=C(O)CCn2c1nc1ccccc12)Nc1cccnc1. The number of para-hydroxylation sites is 2. The molecule has 1 amide bonds. The number of aliphatic hydroxyl groups excluding tert-OH is 1. The second-order valence-electron chi connectivity index (χ2n) is 5.72. The van der Waals surface area contributed by atoms with Gasteiger partial charge in [0.05, 0.1) is 29.3 Å². The van der Waals surface area contributed by atoms with Crippen LogP contribution in [0.2, 0.25) is 0 Å². The van der Waals surface area contributed by atoms with Crippen LogP contribution >= 0.6 is 0 Å². The van der Waals surface area contributed by atoms with Crippen LogP contribution < -0.4 is 5.32 Å². The lowest BCUT2D eigenvalue weighted by Crippen LogP contribution is -2.18. The predicted molar refractivity (Wildman–Crippen MR) is 91.4 cm³/mol. The summed E-state index contributed by atoms with van der Waals surface area (Å²) in [5.41, 5.74) is 3.10. The van der Waals surface area contributed by atoms with Gasteiger partial charge in [-0.05, 0) is 24.3 Å². The van der Waals surface area contributed by atoms with Gasteiger partial charge in [-0.25, -0.2) is 4.98 Å². The van der Waals surface area contributed by atoms with Crippen molar-refractivity contribution in [1.82, 2.24) is 14.5 Å². The van der Waals surface area contributed by atoms with E-state index in [-0.39, 0.29) is 18.1 Å². The van der Waals surface area contributed by atoms with Crippen LogP contribution in [0.4, 0.5) is 5.69 Å². The molecule has 2 aromatic heterocycles. The Balaban J connectivity index is 1.64. The van der Waals surface area contributed by atoms with Crippen LogP contribution in [0.3, 0.4) is 0 Å². The number of pyridine rings is 1. The van der Waals surface area contributed by atoms with Gasteiger partial charge in [-0.15, -0.1) is 0 Å². The summed E-state index contributed by atoms with van der Waals surface area (Å²) in [6, 6.07) is 11.4. The molecule has 0 atom stereocenters. The topological polar surface area (TPSA) is 80.0 Å². The Bertz CT molecular complexity index is 944. The van der Waals surface area contributed by atoms with Crippen LogP contribution in [0.1, 0.15) is 18.7 Å². The molecule has 0 spiro atoms. The number of benzene rings is 1. The van der Waals surface area contributed by atoms with Crippen molar-refractivity contribution in [2.24, 2.45) is 0 Å².